The van der Waals surface area contributed by atoms with Crippen LogP contribution in [0.15, 0.2) is 29.8 Å². The summed E-state index contributed by atoms with van der Waals surface area (Å²) in [5.41, 5.74) is 1.33. The Balaban J connectivity index is 1.90. The van der Waals surface area contributed by atoms with Crippen LogP contribution in [0, 0.1) is 0 Å². The fourth-order valence-electron chi connectivity index (χ4n) is 2.44. The first kappa shape index (κ1) is 17.5. The van der Waals surface area contributed by atoms with Crippen molar-refractivity contribution in [3.8, 4) is 0 Å². The number of pyridine rings is 1. The van der Waals surface area contributed by atoms with E-state index < -0.39 is 0 Å². The van der Waals surface area contributed by atoms with Gasteiger partial charge in [-0.1, -0.05) is 49.6 Å². The molecule has 0 saturated carbocycles. The first-order valence-electron chi connectivity index (χ1n) is 8.27. The number of carbonyl (C=O) groups excluding carboxylic acids is 1. The van der Waals surface area contributed by atoms with E-state index in [1.54, 1.807) is 11.6 Å². The lowest BCUT2D eigenvalue weighted by molar-refractivity contribution is 0.0732. The van der Waals surface area contributed by atoms with Gasteiger partial charge in [-0.15, -0.1) is 5.10 Å². The second kappa shape index (κ2) is 10.0. The van der Waals surface area contributed by atoms with Gasteiger partial charge in [0.05, 0.1) is 12.2 Å². The lowest BCUT2D eigenvalue weighted by Gasteiger charge is -2.21. The lowest BCUT2D eigenvalue weighted by atomic mass is 10.1. The van der Waals surface area contributed by atoms with E-state index in [2.05, 4.69) is 21.5 Å². The van der Waals surface area contributed by atoms with Gasteiger partial charge in [-0.25, -0.2) is 0 Å². The van der Waals surface area contributed by atoms with Crippen LogP contribution in [-0.4, -0.2) is 31.9 Å². The monoisotopic (exact) mass is 332 g/mol. The molecule has 23 heavy (non-hydrogen) atoms. The van der Waals surface area contributed by atoms with Gasteiger partial charge in [-0.3, -0.25) is 9.78 Å². The minimum Gasteiger partial charge on any atom is -0.331 e. The summed E-state index contributed by atoms with van der Waals surface area (Å²) in [4.78, 5) is 18.7. The third-order valence-electron chi connectivity index (χ3n) is 3.73. The standard InChI is InChI=1S/C17H24N4OS/c1-2-3-4-5-6-9-12-21(13-15-10-7-8-11-18-15)17(22)16-14-23-20-19-16/h7-8,10-11,14H,2-6,9,12-13H2,1H3. The molecule has 0 fully saturated rings. The van der Waals surface area contributed by atoms with E-state index in [1.807, 2.05) is 23.1 Å². The number of hydrogen-bond acceptors (Lipinski definition) is 5. The van der Waals surface area contributed by atoms with E-state index in [-0.39, 0.29) is 5.91 Å². The van der Waals surface area contributed by atoms with Gasteiger partial charge in [-0.2, -0.15) is 0 Å². The first-order valence-corrected chi connectivity index (χ1v) is 9.11. The molecule has 2 rings (SSSR count). The molecule has 0 saturated heterocycles. The van der Waals surface area contributed by atoms with Gasteiger partial charge in [0.2, 0.25) is 0 Å². The van der Waals surface area contributed by atoms with Crippen molar-refractivity contribution in [1.82, 2.24) is 19.5 Å². The number of unbranched alkanes of at least 4 members (excludes halogenated alkanes) is 5. The Morgan fingerprint density at radius 1 is 1.17 bits per heavy atom. The van der Waals surface area contributed by atoms with E-state index in [0.717, 1.165) is 25.1 Å². The zero-order chi connectivity index (χ0) is 16.3. The topological polar surface area (TPSA) is 59.0 Å². The van der Waals surface area contributed by atoms with Crippen molar-refractivity contribution in [2.75, 3.05) is 6.54 Å². The Labute approximate surface area is 141 Å². The van der Waals surface area contributed by atoms with Crippen molar-refractivity contribution in [3.63, 3.8) is 0 Å². The molecule has 0 spiro atoms. The molecule has 0 radical (unpaired) electrons. The molecule has 0 N–H and O–H groups in total. The Hall–Kier alpha value is -1.82. The highest BCUT2D eigenvalue weighted by Gasteiger charge is 2.18. The van der Waals surface area contributed by atoms with Crippen molar-refractivity contribution < 1.29 is 4.79 Å². The van der Waals surface area contributed by atoms with Crippen LogP contribution in [0.1, 0.15) is 61.6 Å². The largest absolute Gasteiger partial charge is 0.331 e. The van der Waals surface area contributed by atoms with E-state index in [4.69, 9.17) is 0 Å². The zero-order valence-electron chi connectivity index (χ0n) is 13.6. The molecule has 124 valence electrons. The maximum Gasteiger partial charge on any atom is 0.275 e. The Morgan fingerprint density at radius 2 is 2.00 bits per heavy atom. The summed E-state index contributed by atoms with van der Waals surface area (Å²) in [6, 6.07) is 5.77. The van der Waals surface area contributed by atoms with E-state index >= 15 is 0 Å². The van der Waals surface area contributed by atoms with Crippen molar-refractivity contribution >= 4 is 17.4 Å². The number of aromatic nitrogens is 3. The van der Waals surface area contributed by atoms with Crippen LogP contribution < -0.4 is 0 Å². The zero-order valence-corrected chi connectivity index (χ0v) is 14.5. The summed E-state index contributed by atoms with van der Waals surface area (Å²) >= 11 is 1.20. The normalized spacial score (nSPS) is 10.7. The van der Waals surface area contributed by atoms with Gasteiger partial charge in [0, 0.05) is 18.1 Å². The Bertz CT molecular complexity index is 559. The van der Waals surface area contributed by atoms with E-state index in [0.29, 0.717) is 12.2 Å². The molecular formula is C17H24N4OS. The summed E-state index contributed by atoms with van der Waals surface area (Å²) in [5, 5.41) is 5.61. The van der Waals surface area contributed by atoms with Gasteiger partial charge >= 0.3 is 0 Å². The molecule has 1 amide bonds. The predicted molar refractivity (Wildman–Crippen MR) is 92.3 cm³/mol. The average molecular weight is 332 g/mol. The molecule has 0 bridgehead atoms. The summed E-state index contributed by atoms with van der Waals surface area (Å²) < 4.78 is 3.79. The van der Waals surface area contributed by atoms with Crippen LogP contribution in [0.2, 0.25) is 0 Å². The molecule has 5 nitrogen and oxygen atoms in total. The molecule has 2 aromatic rings. The van der Waals surface area contributed by atoms with Crippen molar-refractivity contribution in [2.24, 2.45) is 0 Å². The third-order valence-corrected chi connectivity index (χ3v) is 4.23. The minimum atomic E-state index is -0.0574. The van der Waals surface area contributed by atoms with Crippen LogP contribution in [0.5, 0.6) is 0 Å². The molecule has 0 atom stereocenters. The van der Waals surface area contributed by atoms with E-state index in [1.165, 1.54) is 37.2 Å². The van der Waals surface area contributed by atoms with Gasteiger partial charge in [0.25, 0.3) is 5.91 Å². The summed E-state index contributed by atoms with van der Waals surface area (Å²) in [5.74, 6) is -0.0574. The molecule has 0 aliphatic rings. The lowest BCUT2D eigenvalue weighted by Crippen LogP contribution is -2.32. The maximum atomic E-state index is 12.6. The highest BCUT2D eigenvalue weighted by Crippen LogP contribution is 2.11. The number of nitrogens with zero attached hydrogens (tertiary/aromatic N) is 4. The van der Waals surface area contributed by atoms with Gasteiger partial charge in [0.1, 0.15) is 0 Å². The number of amides is 1. The number of carbonyl (C=O) groups is 1. The molecular weight excluding hydrogens is 308 g/mol. The molecule has 0 aliphatic carbocycles. The van der Waals surface area contributed by atoms with Gasteiger partial charge < -0.3 is 4.90 Å². The van der Waals surface area contributed by atoms with Crippen molar-refractivity contribution in [2.45, 2.75) is 52.0 Å². The molecule has 0 aliphatic heterocycles. The molecule has 0 aromatic carbocycles. The van der Waals surface area contributed by atoms with Crippen LogP contribution in [0.4, 0.5) is 0 Å². The quantitative estimate of drug-likeness (QED) is 0.618. The van der Waals surface area contributed by atoms with Crippen LogP contribution in [-0.2, 0) is 6.54 Å². The predicted octanol–water partition coefficient (Wildman–Crippen LogP) is 3.94. The first-order chi connectivity index (χ1) is 11.3. The summed E-state index contributed by atoms with van der Waals surface area (Å²) in [7, 11) is 0. The molecule has 6 heteroatoms. The van der Waals surface area contributed by atoms with Gasteiger partial charge in [-0.05, 0) is 30.1 Å². The van der Waals surface area contributed by atoms with Crippen LogP contribution in [0.3, 0.4) is 0 Å². The minimum absolute atomic E-state index is 0.0574. The third kappa shape index (κ3) is 6.06. The second-order valence-corrected chi connectivity index (χ2v) is 6.22. The Kier molecular flexibility index (Phi) is 7.66. The summed E-state index contributed by atoms with van der Waals surface area (Å²) in [6.07, 6.45) is 8.98. The van der Waals surface area contributed by atoms with Crippen LogP contribution >= 0.6 is 11.5 Å². The van der Waals surface area contributed by atoms with Crippen molar-refractivity contribution in [3.05, 3.63) is 41.2 Å². The fourth-order valence-corrected chi connectivity index (χ4v) is 2.87. The molecule has 0 unspecified atom stereocenters. The van der Waals surface area contributed by atoms with E-state index in [9.17, 15) is 4.79 Å². The van der Waals surface area contributed by atoms with Crippen molar-refractivity contribution in [1.29, 1.82) is 0 Å². The second-order valence-electron chi connectivity index (χ2n) is 5.61. The summed E-state index contributed by atoms with van der Waals surface area (Å²) in [6.45, 7) is 3.47. The smallest absolute Gasteiger partial charge is 0.275 e. The maximum absolute atomic E-state index is 12.6. The molecule has 2 aromatic heterocycles. The Morgan fingerprint density at radius 3 is 2.70 bits per heavy atom. The number of rotatable bonds is 10. The van der Waals surface area contributed by atoms with Crippen LogP contribution in [0.25, 0.3) is 0 Å². The fraction of sp³-hybridized carbons (Fsp3) is 0.529. The highest BCUT2D eigenvalue weighted by atomic mass is 32.1. The van der Waals surface area contributed by atoms with Gasteiger partial charge in [0.15, 0.2) is 5.69 Å². The SMILES string of the molecule is CCCCCCCCN(Cc1ccccn1)C(=O)c1csnn1. The average Bonchev–Trinajstić information content (AvgIpc) is 3.12. The highest BCUT2D eigenvalue weighted by molar-refractivity contribution is 7.03. The molecule has 2 heterocycles. The number of hydrogen-bond donors (Lipinski definition) is 0.